The van der Waals surface area contributed by atoms with E-state index in [2.05, 4.69) is 11.6 Å². The second kappa shape index (κ2) is 2.50. The SMILES string of the molecule is C=C[CH]C1=NCCO1. The number of rotatable bonds is 2. The Morgan fingerprint density at radius 1 is 1.75 bits per heavy atom. The average Bonchev–Trinajstić information content (AvgIpc) is 2.19. The number of hydrogen-bond donors (Lipinski definition) is 0. The molecule has 0 spiro atoms. The van der Waals surface area contributed by atoms with Crippen molar-refractivity contribution in [3.05, 3.63) is 19.1 Å². The average molecular weight is 110 g/mol. The maximum absolute atomic E-state index is 5.02. The van der Waals surface area contributed by atoms with Crippen LogP contribution in [0, 0.1) is 6.42 Å². The minimum Gasteiger partial charge on any atom is -0.479 e. The molecule has 0 saturated heterocycles. The van der Waals surface area contributed by atoms with E-state index in [0.717, 1.165) is 13.2 Å². The van der Waals surface area contributed by atoms with Crippen LogP contribution in [0.1, 0.15) is 0 Å². The van der Waals surface area contributed by atoms with E-state index in [9.17, 15) is 0 Å². The van der Waals surface area contributed by atoms with Crippen molar-refractivity contribution in [3.63, 3.8) is 0 Å². The van der Waals surface area contributed by atoms with E-state index < -0.39 is 0 Å². The van der Waals surface area contributed by atoms with E-state index in [-0.39, 0.29) is 0 Å². The van der Waals surface area contributed by atoms with Crippen molar-refractivity contribution < 1.29 is 4.74 Å². The number of hydrogen-bond acceptors (Lipinski definition) is 2. The first-order valence-corrected chi connectivity index (χ1v) is 2.56. The molecule has 2 nitrogen and oxygen atoms in total. The van der Waals surface area contributed by atoms with Crippen LogP contribution in [0.3, 0.4) is 0 Å². The molecule has 0 aromatic carbocycles. The molecular weight excluding hydrogens is 102 g/mol. The molecule has 1 radical (unpaired) electrons. The van der Waals surface area contributed by atoms with Crippen molar-refractivity contribution in [2.75, 3.05) is 13.2 Å². The lowest BCUT2D eigenvalue weighted by Crippen LogP contribution is -1.96. The van der Waals surface area contributed by atoms with Crippen molar-refractivity contribution in [1.82, 2.24) is 0 Å². The summed E-state index contributed by atoms with van der Waals surface area (Å²) in [6.07, 6.45) is 3.43. The smallest absolute Gasteiger partial charge is 0.191 e. The monoisotopic (exact) mass is 110 g/mol. The lowest BCUT2D eigenvalue weighted by Gasteiger charge is -1.92. The van der Waals surface area contributed by atoms with E-state index in [1.165, 1.54) is 0 Å². The quantitative estimate of drug-likeness (QED) is 0.515. The number of ether oxygens (including phenoxy) is 1. The van der Waals surface area contributed by atoms with Gasteiger partial charge in [0.2, 0.25) is 0 Å². The predicted octanol–water partition coefficient (Wildman–Crippen LogP) is 0.805. The van der Waals surface area contributed by atoms with Gasteiger partial charge in [0.1, 0.15) is 6.61 Å². The van der Waals surface area contributed by atoms with Gasteiger partial charge in [-0.2, -0.15) is 0 Å². The molecule has 0 N–H and O–H groups in total. The van der Waals surface area contributed by atoms with Crippen LogP contribution in [0.5, 0.6) is 0 Å². The van der Waals surface area contributed by atoms with Crippen molar-refractivity contribution in [1.29, 1.82) is 0 Å². The standard InChI is InChI=1S/C6H8NO/c1-2-3-6-7-4-5-8-6/h2-3H,1,4-5H2. The van der Waals surface area contributed by atoms with Crippen molar-refractivity contribution in [3.8, 4) is 0 Å². The molecule has 0 aliphatic carbocycles. The summed E-state index contributed by atoms with van der Waals surface area (Å²) < 4.78 is 5.02. The summed E-state index contributed by atoms with van der Waals surface area (Å²) in [6, 6.07) is 0. The number of nitrogens with zero attached hydrogens (tertiary/aromatic N) is 1. The second-order valence-corrected chi connectivity index (χ2v) is 1.47. The fourth-order valence-corrected chi connectivity index (χ4v) is 0.553. The lowest BCUT2D eigenvalue weighted by atomic mass is 10.4. The van der Waals surface area contributed by atoms with Crippen LogP contribution in [-0.4, -0.2) is 19.0 Å². The number of aliphatic imine (C=N–C) groups is 1. The van der Waals surface area contributed by atoms with Gasteiger partial charge in [0.15, 0.2) is 5.90 Å². The molecule has 0 saturated carbocycles. The first-order valence-electron chi connectivity index (χ1n) is 2.56. The summed E-state index contributed by atoms with van der Waals surface area (Å²) in [5.74, 6) is 0.708. The van der Waals surface area contributed by atoms with Gasteiger partial charge in [0, 0.05) is 0 Å². The van der Waals surface area contributed by atoms with E-state index in [4.69, 9.17) is 4.74 Å². The second-order valence-electron chi connectivity index (χ2n) is 1.47. The van der Waals surface area contributed by atoms with Crippen LogP contribution in [0.25, 0.3) is 0 Å². The lowest BCUT2D eigenvalue weighted by molar-refractivity contribution is 0.348. The minimum absolute atomic E-state index is 0.708. The summed E-state index contributed by atoms with van der Waals surface area (Å²) in [5.41, 5.74) is 0. The normalized spacial score (nSPS) is 17.2. The highest BCUT2D eigenvalue weighted by Gasteiger charge is 2.02. The molecule has 0 atom stereocenters. The van der Waals surface area contributed by atoms with Gasteiger partial charge >= 0.3 is 0 Å². The fourth-order valence-electron chi connectivity index (χ4n) is 0.553. The van der Waals surface area contributed by atoms with Crippen LogP contribution in [-0.2, 0) is 4.74 Å². The zero-order valence-corrected chi connectivity index (χ0v) is 4.63. The van der Waals surface area contributed by atoms with Gasteiger partial charge in [-0.05, 0) is 0 Å². The van der Waals surface area contributed by atoms with Crippen LogP contribution < -0.4 is 0 Å². The first-order chi connectivity index (χ1) is 3.93. The van der Waals surface area contributed by atoms with Crippen LogP contribution in [0.2, 0.25) is 0 Å². The molecule has 0 amide bonds. The molecule has 0 unspecified atom stereocenters. The molecule has 1 heterocycles. The van der Waals surface area contributed by atoms with Crippen molar-refractivity contribution >= 4 is 5.90 Å². The summed E-state index contributed by atoms with van der Waals surface area (Å²) in [4.78, 5) is 3.99. The van der Waals surface area contributed by atoms with E-state index >= 15 is 0 Å². The van der Waals surface area contributed by atoms with E-state index in [1.807, 2.05) is 0 Å². The Morgan fingerprint density at radius 2 is 2.62 bits per heavy atom. The third kappa shape index (κ3) is 1.09. The maximum atomic E-state index is 5.02. The Labute approximate surface area is 48.9 Å². The van der Waals surface area contributed by atoms with Crippen molar-refractivity contribution in [2.24, 2.45) is 4.99 Å². The highest BCUT2D eigenvalue weighted by Crippen LogP contribution is 1.96. The molecule has 0 aromatic heterocycles. The van der Waals surface area contributed by atoms with Gasteiger partial charge in [0.05, 0.1) is 13.0 Å². The Balaban J connectivity index is 2.33. The van der Waals surface area contributed by atoms with Crippen LogP contribution in [0.4, 0.5) is 0 Å². The molecule has 0 bridgehead atoms. The van der Waals surface area contributed by atoms with Gasteiger partial charge in [-0.1, -0.05) is 6.08 Å². The molecule has 0 aromatic rings. The van der Waals surface area contributed by atoms with E-state index in [1.54, 1.807) is 12.5 Å². The van der Waals surface area contributed by atoms with Crippen LogP contribution in [0.15, 0.2) is 17.6 Å². The molecule has 1 aliphatic heterocycles. The zero-order chi connectivity index (χ0) is 5.82. The van der Waals surface area contributed by atoms with Gasteiger partial charge < -0.3 is 4.74 Å². The molecule has 1 aliphatic rings. The summed E-state index contributed by atoms with van der Waals surface area (Å²) in [7, 11) is 0. The Kier molecular flexibility index (Phi) is 1.67. The fraction of sp³-hybridized carbons (Fsp3) is 0.333. The van der Waals surface area contributed by atoms with Gasteiger partial charge in [-0.3, -0.25) is 4.99 Å². The van der Waals surface area contributed by atoms with Gasteiger partial charge in [0.25, 0.3) is 0 Å². The molecule has 0 fully saturated rings. The molecule has 8 heavy (non-hydrogen) atoms. The third-order valence-electron chi connectivity index (χ3n) is 0.869. The molecule has 43 valence electrons. The Morgan fingerprint density at radius 3 is 3.12 bits per heavy atom. The predicted molar refractivity (Wildman–Crippen MR) is 32.8 cm³/mol. The summed E-state index contributed by atoms with van der Waals surface area (Å²) >= 11 is 0. The Hall–Kier alpha value is -0.790. The molecule has 2 heteroatoms. The van der Waals surface area contributed by atoms with Gasteiger partial charge in [-0.15, -0.1) is 6.58 Å². The van der Waals surface area contributed by atoms with E-state index in [0.29, 0.717) is 5.90 Å². The third-order valence-corrected chi connectivity index (χ3v) is 0.869. The highest BCUT2D eigenvalue weighted by atomic mass is 16.5. The maximum Gasteiger partial charge on any atom is 0.191 e. The summed E-state index contributed by atoms with van der Waals surface area (Å²) in [6.45, 7) is 5.02. The first kappa shape index (κ1) is 5.35. The minimum atomic E-state index is 0.708. The zero-order valence-electron chi connectivity index (χ0n) is 4.63. The highest BCUT2D eigenvalue weighted by molar-refractivity contribution is 5.87. The Bertz CT molecular complexity index is 118. The topological polar surface area (TPSA) is 21.6 Å². The van der Waals surface area contributed by atoms with Crippen LogP contribution >= 0.6 is 0 Å². The van der Waals surface area contributed by atoms with Crippen molar-refractivity contribution in [2.45, 2.75) is 0 Å². The summed E-state index contributed by atoms with van der Waals surface area (Å²) in [5, 5.41) is 0. The van der Waals surface area contributed by atoms with Gasteiger partial charge in [-0.25, -0.2) is 0 Å². The largest absolute Gasteiger partial charge is 0.479 e. The molecule has 1 rings (SSSR count). The molecular formula is C6H8NO.